The highest BCUT2D eigenvalue weighted by molar-refractivity contribution is 7.89. The standard InChI is InChI=1S/C16H18N2O3S2/c1-3-12-5-6-13(10-15(12)23(17,20)21)18-16(19)9-8-14-7-4-11(2)22-14/h4-10H,3H2,1-2H3,(H,18,19)(H2,17,20,21)/b9-8+. The lowest BCUT2D eigenvalue weighted by atomic mass is 10.1. The van der Waals surface area contributed by atoms with Crippen LogP contribution in [-0.4, -0.2) is 14.3 Å². The first-order valence-corrected chi connectivity index (χ1v) is 9.37. The third kappa shape index (κ3) is 4.75. The number of nitrogens with one attached hydrogen (secondary N) is 1. The molecule has 1 amide bonds. The molecule has 0 bridgehead atoms. The van der Waals surface area contributed by atoms with Gasteiger partial charge in [-0.3, -0.25) is 4.79 Å². The minimum Gasteiger partial charge on any atom is -0.322 e. The van der Waals surface area contributed by atoms with Gasteiger partial charge in [-0.25, -0.2) is 13.6 Å². The summed E-state index contributed by atoms with van der Waals surface area (Å²) in [7, 11) is -3.82. The summed E-state index contributed by atoms with van der Waals surface area (Å²) in [6, 6.07) is 8.61. The van der Waals surface area contributed by atoms with Crippen LogP contribution < -0.4 is 10.5 Å². The summed E-state index contributed by atoms with van der Waals surface area (Å²) in [6.07, 6.45) is 3.67. The van der Waals surface area contributed by atoms with Crippen LogP contribution in [0.4, 0.5) is 5.69 Å². The smallest absolute Gasteiger partial charge is 0.248 e. The summed E-state index contributed by atoms with van der Waals surface area (Å²) in [5.74, 6) is -0.333. The summed E-state index contributed by atoms with van der Waals surface area (Å²) in [4.78, 5) is 14.1. The Morgan fingerprint density at radius 3 is 2.61 bits per heavy atom. The molecule has 0 atom stereocenters. The molecule has 0 saturated heterocycles. The largest absolute Gasteiger partial charge is 0.322 e. The maximum absolute atomic E-state index is 11.9. The third-order valence-corrected chi connectivity index (χ3v) is 5.14. The summed E-state index contributed by atoms with van der Waals surface area (Å²) in [5, 5.41) is 7.86. The molecule has 1 aromatic heterocycles. The summed E-state index contributed by atoms with van der Waals surface area (Å²) < 4.78 is 23.2. The average molecular weight is 350 g/mol. The number of rotatable bonds is 5. The normalized spacial score (nSPS) is 11.8. The van der Waals surface area contributed by atoms with Crippen molar-refractivity contribution in [3.05, 3.63) is 51.7 Å². The fourth-order valence-electron chi connectivity index (χ4n) is 2.07. The summed E-state index contributed by atoms with van der Waals surface area (Å²) in [5.41, 5.74) is 1.01. The van der Waals surface area contributed by atoms with Crippen molar-refractivity contribution in [1.82, 2.24) is 0 Å². The highest BCUT2D eigenvalue weighted by Gasteiger charge is 2.14. The van der Waals surface area contributed by atoms with Crippen LogP contribution >= 0.6 is 11.3 Å². The van der Waals surface area contributed by atoms with E-state index in [1.807, 2.05) is 26.0 Å². The fourth-order valence-corrected chi connectivity index (χ4v) is 3.72. The Morgan fingerprint density at radius 2 is 2.04 bits per heavy atom. The molecule has 3 N–H and O–H groups in total. The number of thiophene rings is 1. The average Bonchev–Trinajstić information content (AvgIpc) is 2.90. The van der Waals surface area contributed by atoms with Crippen LogP contribution in [0.1, 0.15) is 22.2 Å². The van der Waals surface area contributed by atoms with E-state index in [-0.39, 0.29) is 10.8 Å². The van der Waals surface area contributed by atoms with Gasteiger partial charge in [0.2, 0.25) is 15.9 Å². The molecule has 0 aliphatic carbocycles. The van der Waals surface area contributed by atoms with Crippen LogP contribution in [0.3, 0.4) is 0 Å². The lowest BCUT2D eigenvalue weighted by molar-refractivity contribution is -0.111. The Balaban J connectivity index is 2.16. The first-order chi connectivity index (χ1) is 10.8. The number of nitrogens with two attached hydrogens (primary N) is 1. The number of primary sulfonamides is 1. The van der Waals surface area contributed by atoms with E-state index in [0.717, 1.165) is 9.75 Å². The van der Waals surface area contributed by atoms with E-state index in [2.05, 4.69) is 5.32 Å². The molecule has 122 valence electrons. The van der Waals surface area contributed by atoms with Crippen molar-refractivity contribution in [1.29, 1.82) is 0 Å². The van der Waals surface area contributed by atoms with Gasteiger partial charge in [-0.05, 0) is 49.2 Å². The van der Waals surface area contributed by atoms with E-state index in [0.29, 0.717) is 17.7 Å². The van der Waals surface area contributed by atoms with Crippen molar-refractivity contribution in [3.8, 4) is 0 Å². The second-order valence-electron chi connectivity index (χ2n) is 4.99. The van der Waals surface area contributed by atoms with Crippen LogP contribution in [0.15, 0.2) is 41.3 Å². The number of hydrogen-bond acceptors (Lipinski definition) is 4. The van der Waals surface area contributed by atoms with Gasteiger partial charge in [0, 0.05) is 21.5 Å². The lowest BCUT2D eigenvalue weighted by Gasteiger charge is -2.09. The Hall–Kier alpha value is -1.96. The molecule has 0 radical (unpaired) electrons. The predicted octanol–water partition coefficient (Wildman–Crippen LogP) is 2.92. The summed E-state index contributed by atoms with van der Waals surface area (Å²) in [6.45, 7) is 3.83. The zero-order valence-electron chi connectivity index (χ0n) is 12.9. The molecule has 7 heteroatoms. The Bertz CT molecular complexity index is 852. The minimum atomic E-state index is -3.82. The fraction of sp³-hybridized carbons (Fsp3) is 0.188. The van der Waals surface area contributed by atoms with Crippen LogP contribution in [-0.2, 0) is 21.2 Å². The van der Waals surface area contributed by atoms with Gasteiger partial charge in [-0.15, -0.1) is 11.3 Å². The molecule has 0 aliphatic heterocycles. The summed E-state index contributed by atoms with van der Waals surface area (Å²) >= 11 is 1.58. The molecule has 5 nitrogen and oxygen atoms in total. The molecule has 0 fully saturated rings. The molecular weight excluding hydrogens is 332 g/mol. The van der Waals surface area contributed by atoms with Gasteiger partial charge >= 0.3 is 0 Å². The van der Waals surface area contributed by atoms with Crippen molar-refractivity contribution in [2.24, 2.45) is 5.14 Å². The van der Waals surface area contributed by atoms with Gasteiger partial charge in [0.05, 0.1) is 4.90 Å². The second kappa shape index (κ2) is 7.08. The van der Waals surface area contributed by atoms with Gasteiger partial charge < -0.3 is 5.32 Å². The van der Waals surface area contributed by atoms with Gasteiger partial charge in [0.1, 0.15) is 0 Å². The van der Waals surface area contributed by atoms with Crippen molar-refractivity contribution in [2.45, 2.75) is 25.2 Å². The molecule has 1 heterocycles. The number of aryl methyl sites for hydroxylation is 2. The Morgan fingerprint density at radius 1 is 1.30 bits per heavy atom. The first kappa shape index (κ1) is 17.4. The molecule has 0 unspecified atom stereocenters. The van der Waals surface area contributed by atoms with Crippen molar-refractivity contribution < 1.29 is 13.2 Å². The van der Waals surface area contributed by atoms with Crippen LogP contribution in [0.2, 0.25) is 0 Å². The van der Waals surface area contributed by atoms with Crippen LogP contribution in [0.5, 0.6) is 0 Å². The molecule has 2 aromatic rings. The number of amides is 1. The number of anilines is 1. The number of carbonyl (C=O) groups excluding carboxylic acids is 1. The van der Waals surface area contributed by atoms with Crippen molar-refractivity contribution in [2.75, 3.05) is 5.32 Å². The molecule has 2 rings (SSSR count). The van der Waals surface area contributed by atoms with E-state index in [1.54, 1.807) is 29.5 Å². The number of sulfonamides is 1. The zero-order chi connectivity index (χ0) is 17.0. The van der Waals surface area contributed by atoms with Crippen LogP contribution in [0, 0.1) is 6.92 Å². The van der Waals surface area contributed by atoms with E-state index >= 15 is 0 Å². The number of hydrogen-bond donors (Lipinski definition) is 2. The van der Waals surface area contributed by atoms with E-state index in [4.69, 9.17) is 5.14 Å². The van der Waals surface area contributed by atoms with E-state index in [1.165, 1.54) is 12.1 Å². The Kier molecular flexibility index (Phi) is 5.35. The minimum absolute atomic E-state index is 0.0376. The maximum Gasteiger partial charge on any atom is 0.248 e. The first-order valence-electron chi connectivity index (χ1n) is 7.01. The van der Waals surface area contributed by atoms with E-state index < -0.39 is 10.0 Å². The lowest BCUT2D eigenvalue weighted by Crippen LogP contribution is -2.15. The highest BCUT2D eigenvalue weighted by Crippen LogP contribution is 2.21. The zero-order valence-corrected chi connectivity index (χ0v) is 14.5. The second-order valence-corrected chi connectivity index (χ2v) is 7.84. The topological polar surface area (TPSA) is 89.3 Å². The predicted molar refractivity (Wildman–Crippen MR) is 93.9 cm³/mol. The quantitative estimate of drug-likeness (QED) is 0.813. The van der Waals surface area contributed by atoms with Crippen LogP contribution in [0.25, 0.3) is 6.08 Å². The van der Waals surface area contributed by atoms with Gasteiger partial charge in [-0.1, -0.05) is 13.0 Å². The highest BCUT2D eigenvalue weighted by atomic mass is 32.2. The monoisotopic (exact) mass is 350 g/mol. The Labute approximate surface area is 139 Å². The maximum atomic E-state index is 11.9. The molecule has 1 aromatic carbocycles. The van der Waals surface area contributed by atoms with Gasteiger partial charge in [0.15, 0.2) is 0 Å². The van der Waals surface area contributed by atoms with E-state index in [9.17, 15) is 13.2 Å². The SMILES string of the molecule is CCc1ccc(NC(=O)/C=C/c2ccc(C)s2)cc1S(N)(=O)=O. The molecule has 0 spiro atoms. The van der Waals surface area contributed by atoms with Crippen molar-refractivity contribution >= 4 is 39.0 Å². The van der Waals surface area contributed by atoms with Gasteiger partial charge in [0.25, 0.3) is 0 Å². The molecular formula is C16H18N2O3S2. The molecule has 0 aliphatic rings. The van der Waals surface area contributed by atoms with Gasteiger partial charge in [-0.2, -0.15) is 0 Å². The molecule has 23 heavy (non-hydrogen) atoms. The number of benzene rings is 1. The van der Waals surface area contributed by atoms with Crippen molar-refractivity contribution in [3.63, 3.8) is 0 Å². The third-order valence-electron chi connectivity index (χ3n) is 3.18. The number of carbonyl (C=O) groups is 1. The molecule has 0 saturated carbocycles.